The maximum Gasteiger partial charge on any atom is 0.338 e. The van der Waals surface area contributed by atoms with Crippen LogP contribution in [-0.2, 0) is 19.1 Å². The van der Waals surface area contributed by atoms with Gasteiger partial charge in [-0.3, -0.25) is 4.79 Å². The fourth-order valence-corrected chi connectivity index (χ4v) is 5.06. The van der Waals surface area contributed by atoms with Gasteiger partial charge in [-0.05, 0) is 29.5 Å². The van der Waals surface area contributed by atoms with Crippen molar-refractivity contribution in [3.63, 3.8) is 0 Å². The number of thioether (sulfide) groups is 1. The first-order valence-corrected chi connectivity index (χ1v) is 11.5. The third-order valence-electron chi connectivity index (χ3n) is 5.73. The van der Waals surface area contributed by atoms with Crippen LogP contribution in [0.2, 0.25) is 0 Å². The molecule has 3 aliphatic rings. The van der Waals surface area contributed by atoms with E-state index < -0.39 is 12.0 Å². The van der Waals surface area contributed by atoms with Crippen LogP contribution in [0, 0.1) is 0 Å². The molecule has 0 bridgehead atoms. The number of aliphatic imine (C=N–C) groups is 1. The van der Waals surface area contributed by atoms with Crippen LogP contribution < -0.4 is 4.74 Å². The molecule has 0 aliphatic carbocycles. The van der Waals surface area contributed by atoms with Gasteiger partial charge in [-0.2, -0.15) is 0 Å². The molecule has 1 aromatic rings. The molecular formula is C23H27N3O5S. The summed E-state index contributed by atoms with van der Waals surface area (Å²) in [5.41, 5.74) is 2.86. The summed E-state index contributed by atoms with van der Waals surface area (Å²) < 4.78 is 15.9. The van der Waals surface area contributed by atoms with Gasteiger partial charge in [0.25, 0.3) is 0 Å². The fourth-order valence-electron chi connectivity index (χ4n) is 4.12. The molecule has 0 spiro atoms. The maximum atomic E-state index is 13.0. The molecule has 1 fully saturated rings. The molecule has 1 aromatic carbocycles. The molecule has 3 heterocycles. The molecule has 9 heteroatoms. The minimum absolute atomic E-state index is 0.0377. The van der Waals surface area contributed by atoms with Crippen molar-refractivity contribution >= 4 is 28.8 Å². The van der Waals surface area contributed by atoms with Crippen LogP contribution in [0.1, 0.15) is 31.4 Å². The Hall–Kier alpha value is -2.78. The van der Waals surface area contributed by atoms with Crippen LogP contribution >= 0.6 is 11.8 Å². The molecule has 170 valence electrons. The minimum atomic E-state index is -0.460. The normalized spacial score (nSPS) is 20.5. The Morgan fingerprint density at radius 1 is 1.25 bits per heavy atom. The number of hydrogen-bond acceptors (Lipinski definition) is 8. The highest BCUT2D eigenvalue weighted by molar-refractivity contribution is 8.16. The second-order valence-electron chi connectivity index (χ2n) is 7.55. The summed E-state index contributed by atoms with van der Waals surface area (Å²) in [5, 5.41) is 2.71. The van der Waals surface area contributed by atoms with E-state index in [2.05, 4.69) is 0 Å². The molecule has 3 aliphatic heterocycles. The number of carbonyl (C=O) groups is 2. The lowest BCUT2D eigenvalue weighted by atomic mass is 9.92. The van der Waals surface area contributed by atoms with Gasteiger partial charge in [0.1, 0.15) is 5.75 Å². The number of rotatable bonds is 6. The number of ether oxygens (including phenoxy) is 3. The van der Waals surface area contributed by atoms with E-state index in [4.69, 9.17) is 19.2 Å². The lowest BCUT2D eigenvalue weighted by molar-refractivity contribution is -0.136. The third kappa shape index (κ3) is 4.27. The summed E-state index contributed by atoms with van der Waals surface area (Å²) in [4.78, 5) is 34.5. The predicted octanol–water partition coefficient (Wildman–Crippen LogP) is 3.08. The summed E-state index contributed by atoms with van der Waals surface area (Å²) in [6, 6.07) is 7.16. The molecule has 0 aromatic heterocycles. The van der Waals surface area contributed by atoms with Crippen molar-refractivity contribution in [3.8, 4) is 5.75 Å². The van der Waals surface area contributed by atoms with Gasteiger partial charge in [0.15, 0.2) is 5.17 Å². The Morgan fingerprint density at radius 2 is 2.03 bits per heavy atom. The van der Waals surface area contributed by atoms with E-state index in [1.807, 2.05) is 46.4 Å². The quantitative estimate of drug-likeness (QED) is 0.607. The highest BCUT2D eigenvalue weighted by Crippen LogP contribution is 2.46. The molecule has 0 N–H and O–H groups in total. The smallest absolute Gasteiger partial charge is 0.338 e. The number of nitrogens with zero attached hydrogens (tertiary/aromatic N) is 3. The number of morpholine rings is 1. The SMILES string of the molecule is CCC1=C(C(=O)OC)[C@H](c2cccc(OC)c2)N2C(CC(=O)N3CCOCC3)=CSC2=N1. The van der Waals surface area contributed by atoms with Crippen LogP contribution in [0.25, 0.3) is 0 Å². The van der Waals surface area contributed by atoms with E-state index in [0.717, 1.165) is 16.4 Å². The van der Waals surface area contributed by atoms with Gasteiger partial charge in [-0.15, -0.1) is 0 Å². The van der Waals surface area contributed by atoms with Gasteiger partial charge in [0.05, 0.1) is 51.2 Å². The van der Waals surface area contributed by atoms with Crippen molar-refractivity contribution < 1.29 is 23.8 Å². The number of allylic oxidation sites excluding steroid dienone is 1. The average molecular weight is 458 g/mol. The zero-order chi connectivity index (χ0) is 22.7. The molecule has 1 saturated heterocycles. The van der Waals surface area contributed by atoms with Crippen molar-refractivity contribution in [3.05, 3.63) is 52.2 Å². The van der Waals surface area contributed by atoms with Crippen LogP contribution in [0.4, 0.5) is 0 Å². The van der Waals surface area contributed by atoms with Crippen molar-refractivity contribution in [1.29, 1.82) is 0 Å². The predicted molar refractivity (Wildman–Crippen MR) is 122 cm³/mol. The number of methoxy groups -OCH3 is 2. The van der Waals surface area contributed by atoms with Gasteiger partial charge in [-0.1, -0.05) is 30.8 Å². The summed E-state index contributed by atoms with van der Waals surface area (Å²) >= 11 is 1.47. The molecule has 8 nitrogen and oxygen atoms in total. The van der Waals surface area contributed by atoms with Gasteiger partial charge in [-0.25, -0.2) is 9.79 Å². The Kier molecular flexibility index (Phi) is 6.86. The van der Waals surface area contributed by atoms with Crippen LogP contribution in [-0.4, -0.2) is 67.4 Å². The summed E-state index contributed by atoms with van der Waals surface area (Å²) in [5.74, 6) is 0.305. The van der Waals surface area contributed by atoms with E-state index in [0.29, 0.717) is 49.7 Å². The van der Waals surface area contributed by atoms with Gasteiger partial charge in [0.2, 0.25) is 5.91 Å². The molecule has 0 unspecified atom stereocenters. The van der Waals surface area contributed by atoms with E-state index in [9.17, 15) is 9.59 Å². The van der Waals surface area contributed by atoms with E-state index >= 15 is 0 Å². The van der Waals surface area contributed by atoms with Crippen LogP contribution in [0.5, 0.6) is 5.75 Å². The van der Waals surface area contributed by atoms with Gasteiger partial charge >= 0.3 is 5.97 Å². The van der Waals surface area contributed by atoms with Crippen molar-refractivity contribution in [1.82, 2.24) is 9.80 Å². The average Bonchev–Trinajstić information content (AvgIpc) is 3.24. The number of fused-ring (bicyclic) bond motifs is 1. The van der Waals surface area contributed by atoms with Crippen molar-refractivity contribution in [2.24, 2.45) is 4.99 Å². The fraction of sp³-hybridized carbons (Fsp3) is 0.435. The summed E-state index contributed by atoms with van der Waals surface area (Å²) in [7, 11) is 2.99. The number of carbonyl (C=O) groups excluding carboxylic acids is 2. The lowest BCUT2D eigenvalue weighted by Crippen LogP contribution is -2.42. The molecular weight excluding hydrogens is 430 g/mol. The van der Waals surface area contributed by atoms with Gasteiger partial charge < -0.3 is 24.0 Å². The largest absolute Gasteiger partial charge is 0.497 e. The lowest BCUT2D eigenvalue weighted by Gasteiger charge is -2.37. The topological polar surface area (TPSA) is 80.7 Å². The number of amides is 1. The van der Waals surface area contributed by atoms with E-state index in [-0.39, 0.29) is 12.3 Å². The zero-order valence-corrected chi connectivity index (χ0v) is 19.3. The summed E-state index contributed by atoms with van der Waals surface area (Å²) in [6.07, 6.45) is 0.813. The van der Waals surface area contributed by atoms with Gasteiger partial charge in [0, 0.05) is 18.8 Å². The Balaban J connectivity index is 1.73. The van der Waals surface area contributed by atoms with Crippen LogP contribution in [0.3, 0.4) is 0 Å². The first-order valence-electron chi connectivity index (χ1n) is 10.6. The summed E-state index contributed by atoms with van der Waals surface area (Å²) in [6.45, 7) is 4.26. The first-order chi connectivity index (χ1) is 15.6. The number of benzene rings is 1. The zero-order valence-electron chi connectivity index (χ0n) is 18.5. The number of amidine groups is 1. The molecule has 32 heavy (non-hydrogen) atoms. The Morgan fingerprint density at radius 3 is 2.72 bits per heavy atom. The van der Waals surface area contributed by atoms with Crippen molar-refractivity contribution in [2.45, 2.75) is 25.8 Å². The second kappa shape index (κ2) is 9.79. The minimum Gasteiger partial charge on any atom is -0.497 e. The highest BCUT2D eigenvalue weighted by Gasteiger charge is 2.41. The third-order valence-corrected chi connectivity index (χ3v) is 6.62. The van der Waals surface area contributed by atoms with E-state index in [1.165, 1.54) is 18.9 Å². The standard InChI is InChI=1S/C23H27N3O5S/c1-4-18-20(22(28)30-3)21(15-6-5-7-17(12-15)29-2)26-16(14-32-23(26)24-18)13-19(27)25-8-10-31-11-9-25/h5-7,12,14,21H,4,8-11,13H2,1-3H3/t21-/m0/s1. The number of esters is 1. The molecule has 4 rings (SSSR count). The van der Waals surface area contributed by atoms with E-state index in [1.54, 1.807) is 7.11 Å². The Bertz CT molecular complexity index is 997. The number of hydrogen-bond donors (Lipinski definition) is 0. The highest BCUT2D eigenvalue weighted by atomic mass is 32.2. The molecule has 0 radical (unpaired) electrons. The Labute approximate surface area is 191 Å². The second-order valence-corrected chi connectivity index (χ2v) is 8.38. The first kappa shape index (κ1) is 22.4. The molecule has 1 atom stereocenters. The van der Waals surface area contributed by atoms with Crippen LogP contribution in [0.15, 0.2) is 51.6 Å². The van der Waals surface area contributed by atoms with Crippen molar-refractivity contribution in [2.75, 3.05) is 40.5 Å². The molecule has 1 amide bonds. The molecule has 0 saturated carbocycles. The monoisotopic (exact) mass is 457 g/mol. The maximum absolute atomic E-state index is 13.0.